The lowest BCUT2D eigenvalue weighted by Gasteiger charge is -1.98. The molecule has 1 rings (SSSR count). The van der Waals surface area contributed by atoms with Gasteiger partial charge in [0.1, 0.15) is 0 Å². The van der Waals surface area contributed by atoms with Crippen molar-refractivity contribution in [3.8, 4) is 0 Å². The summed E-state index contributed by atoms with van der Waals surface area (Å²) >= 11 is 0. The van der Waals surface area contributed by atoms with E-state index in [-0.39, 0.29) is 12.5 Å². The summed E-state index contributed by atoms with van der Waals surface area (Å²) in [7, 11) is 0. The topological polar surface area (TPSA) is 65.1 Å². The molecule has 1 aromatic heterocycles. The van der Waals surface area contributed by atoms with Gasteiger partial charge in [-0.2, -0.15) is 0 Å². The lowest BCUT2D eigenvalue weighted by molar-refractivity contribution is 0.0945. The number of aliphatic hydroxyl groups is 1. The summed E-state index contributed by atoms with van der Waals surface area (Å²) in [6.45, 7) is 0.264. The number of H-pyrrole nitrogens is 1. The van der Waals surface area contributed by atoms with Crippen molar-refractivity contribution >= 4 is 5.91 Å². The molecule has 0 atom stereocenters. The Morgan fingerprint density at radius 3 is 3.09 bits per heavy atom. The minimum atomic E-state index is -0.166. The van der Waals surface area contributed by atoms with Gasteiger partial charge in [0.2, 0.25) is 0 Å². The first kappa shape index (κ1) is 7.81. The molecule has 3 N–H and O–H groups in total. The Labute approximate surface area is 64.2 Å². The summed E-state index contributed by atoms with van der Waals surface area (Å²) in [5.74, 6) is -0.166. The summed E-state index contributed by atoms with van der Waals surface area (Å²) in [5, 5.41) is 10.9. The highest BCUT2D eigenvalue weighted by Gasteiger charge is 2.02. The highest BCUT2D eigenvalue weighted by atomic mass is 16.3. The monoisotopic (exact) mass is 154 g/mol. The van der Waals surface area contributed by atoms with Crippen LogP contribution in [-0.4, -0.2) is 29.1 Å². The third kappa shape index (κ3) is 2.09. The number of aromatic nitrogens is 1. The Kier molecular flexibility index (Phi) is 2.68. The van der Waals surface area contributed by atoms with Crippen molar-refractivity contribution in [2.75, 3.05) is 13.2 Å². The van der Waals surface area contributed by atoms with E-state index < -0.39 is 0 Å². The first-order chi connectivity index (χ1) is 5.34. The van der Waals surface area contributed by atoms with Crippen LogP contribution in [0.4, 0.5) is 0 Å². The van der Waals surface area contributed by atoms with Gasteiger partial charge >= 0.3 is 0 Å². The van der Waals surface area contributed by atoms with Crippen LogP contribution in [0.25, 0.3) is 0 Å². The van der Waals surface area contributed by atoms with E-state index in [0.717, 1.165) is 0 Å². The zero-order chi connectivity index (χ0) is 8.10. The van der Waals surface area contributed by atoms with Gasteiger partial charge in [-0.05, 0) is 6.07 Å². The molecule has 0 unspecified atom stereocenters. The molecule has 0 aliphatic heterocycles. The van der Waals surface area contributed by atoms with E-state index in [1.807, 2.05) is 0 Å². The fourth-order valence-electron chi connectivity index (χ4n) is 0.737. The van der Waals surface area contributed by atoms with E-state index in [1.54, 1.807) is 18.5 Å². The predicted octanol–water partition coefficient (Wildman–Crippen LogP) is -0.263. The molecule has 0 aromatic carbocycles. The Bertz CT molecular complexity index is 218. The molecule has 1 amide bonds. The minimum absolute atomic E-state index is 0.0316. The van der Waals surface area contributed by atoms with Gasteiger partial charge in [-0.25, -0.2) is 0 Å². The molecule has 4 heteroatoms. The first-order valence-corrected chi connectivity index (χ1v) is 3.36. The number of amides is 1. The van der Waals surface area contributed by atoms with Gasteiger partial charge in [-0.3, -0.25) is 4.79 Å². The highest BCUT2D eigenvalue weighted by Crippen LogP contribution is 1.94. The second-order valence-electron chi connectivity index (χ2n) is 2.08. The number of aromatic amines is 1. The van der Waals surface area contributed by atoms with Crippen LogP contribution < -0.4 is 5.32 Å². The van der Waals surface area contributed by atoms with Crippen molar-refractivity contribution in [1.82, 2.24) is 10.3 Å². The number of aliphatic hydroxyl groups excluding tert-OH is 1. The number of hydrogen-bond donors (Lipinski definition) is 3. The predicted molar refractivity (Wildman–Crippen MR) is 40.2 cm³/mol. The maximum Gasteiger partial charge on any atom is 0.252 e. The van der Waals surface area contributed by atoms with Crippen LogP contribution >= 0.6 is 0 Å². The van der Waals surface area contributed by atoms with E-state index in [2.05, 4.69) is 10.3 Å². The van der Waals surface area contributed by atoms with Gasteiger partial charge in [0.15, 0.2) is 0 Å². The summed E-state index contributed by atoms with van der Waals surface area (Å²) in [5.41, 5.74) is 0.582. The van der Waals surface area contributed by atoms with Crippen LogP contribution in [0.5, 0.6) is 0 Å². The quantitative estimate of drug-likeness (QED) is 0.561. The maximum atomic E-state index is 11.0. The molecular weight excluding hydrogens is 144 g/mol. The van der Waals surface area contributed by atoms with Gasteiger partial charge in [0.25, 0.3) is 5.91 Å². The SMILES string of the molecule is O=C(NCCO)c1cc[nH]c1. The first-order valence-electron chi connectivity index (χ1n) is 3.36. The van der Waals surface area contributed by atoms with Crippen LogP contribution in [-0.2, 0) is 0 Å². The number of nitrogens with one attached hydrogen (secondary N) is 2. The third-order valence-electron chi connectivity index (χ3n) is 1.26. The van der Waals surface area contributed by atoms with Crippen molar-refractivity contribution in [2.45, 2.75) is 0 Å². The average Bonchev–Trinajstić information content (AvgIpc) is 2.52. The van der Waals surface area contributed by atoms with Gasteiger partial charge in [-0.1, -0.05) is 0 Å². The Hall–Kier alpha value is -1.29. The second-order valence-corrected chi connectivity index (χ2v) is 2.08. The van der Waals surface area contributed by atoms with Crippen LogP contribution in [0.3, 0.4) is 0 Å². The van der Waals surface area contributed by atoms with Crippen molar-refractivity contribution in [2.24, 2.45) is 0 Å². The normalized spacial score (nSPS) is 9.55. The molecule has 0 radical (unpaired) electrons. The van der Waals surface area contributed by atoms with Gasteiger partial charge in [0, 0.05) is 18.9 Å². The molecule has 1 heterocycles. The molecule has 0 fully saturated rings. The highest BCUT2D eigenvalue weighted by molar-refractivity contribution is 5.93. The molecule has 0 saturated heterocycles. The van der Waals surface area contributed by atoms with E-state index >= 15 is 0 Å². The van der Waals surface area contributed by atoms with Crippen LogP contribution in [0, 0.1) is 0 Å². The Morgan fingerprint density at radius 1 is 1.73 bits per heavy atom. The van der Waals surface area contributed by atoms with Crippen molar-refractivity contribution < 1.29 is 9.90 Å². The summed E-state index contributed by atoms with van der Waals surface area (Å²) in [6, 6.07) is 1.67. The molecule has 0 aliphatic carbocycles. The smallest absolute Gasteiger partial charge is 0.252 e. The standard InChI is InChI=1S/C7H10N2O2/c10-4-3-9-7(11)6-1-2-8-5-6/h1-2,5,8,10H,3-4H2,(H,9,11). The van der Waals surface area contributed by atoms with E-state index in [0.29, 0.717) is 12.1 Å². The molecular formula is C7H10N2O2. The van der Waals surface area contributed by atoms with Crippen LogP contribution in [0.2, 0.25) is 0 Å². The van der Waals surface area contributed by atoms with Gasteiger partial charge < -0.3 is 15.4 Å². The number of carbonyl (C=O) groups is 1. The zero-order valence-electron chi connectivity index (χ0n) is 6.00. The van der Waals surface area contributed by atoms with E-state index in [9.17, 15) is 4.79 Å². The molecule has 0 spiro atoms. The summed E-state index contributed by atoms with van der Waals surface area (Å²) in [6.07, 6.45) is 3.28. The van der Waals surface area contributed by atoms with Crippen molar-refractivity contribution in [3.63, 3.8) is 0 Å². The Morgan fingerprint density at radius 2 is 2.55 bits per heavy atom. The van der Waals surface area contributed by atoms with E-state index in [1.165, 1.54) is 0 Å². The van der Waals surface area contributed by atoms with Gasteiger partial charge in [-0.15, -0.1) is 0 Å². The fraction of sp³-hybridized carbons (Fsp3) is 0.286. The molecule has 0 bridgehead atoms. The fourth-order valence-corrected chi connectivity index (χ4v) is 0.737. The number of hydrogen-bond acceptors (Lipinski definition) is 2. The minimum Gasteiger partial charge on any atom is -0.395 e. The number of carbonyl (C=O) groups excluding carboxylic acids is 1. The van der Waals surface area contributed by atoms with Crippen LogP contribution in [0.15, 0.2) is 18.5 Å². The lowest BCUT2D eigenvalue weighted by atomic mass is 10.3. The maximum absolute atomic E-state index is 11.0. The summed E-state index contributed by atoms with van der Waals surface area (Å²) < 4.78 is 0. The average molecular weight is 154 g/mol. The summed E-state index contributed by atoms with van der Waals surface area (Å²) in [4.78, 5) is 13.8. The molecule has 0 aliphatic rings. The molecule has 60 valence electrons. The Balaban J connectivity index is 2.43. The number of rotatable bonds is 3. The largest absolute Gasteiger partial charge is 0.395 e. The zero-order valence-corrected chi connectivity index (χ0v) is 6.00. The second kappa shape index (κ2) is 3.78. The van der Waals surface area contributed by atoms with Crippen molar-refractivity contribution in [3.05, 3.63) is 24.0 Å². The molecule has 1 aromatic rings. The van der Waals surface area contributed by atoms with E-state index in [4.69, 9.17) is 5.11 Å². The van der Waals surface area contributed by atoms with Gasteiger partial charge in [0.05, 0.1) is 12.2 Å². The molecule has 4 nitrogen and oxygen atoms in total. The lowest BCUT2D eigenvalue weighted by Crippen LogP contribution is -2.25. The van der Waals surface area contributed by atoms with Crippen molar-refractivity contribution in [1.29, 1.82) is 0 Å². The van der Waals surface area contributed by atoms with Crippen LogP contribution in [0.1, 0.15) is 10.4 Å². The molecule has 11 heavy (non-hydrogen) atoms. The third-order valence-corrected chi connectivity index (χ3v) is 1.26. The molecule has 0 saturated carbocycles.